The molecule has 39 heavy (non-hydrogen) atoms. The van der Waals surface area contributed by atoms with Gasteiger partial charge in [0.05, 0.1) is 0 Å². The van der Waals surface area contributed by atoms with Crippen LogP contribution in [0.2, 0.25) is 0 Å². The molecule has 1 aromatic carbocycles. The molecule has 1 saturated carbocycles. The summed E-state index contributed by atoms with van der Waals surface area (Å²) in [6, 6.07) is 8.83. The average Bonchev–Trinajstić information content (AvgIpc) is 3.65. The Morgan fingerprint density at radius 3 is 2.21 bits per heavy atom. The minimum atomic E-state index is -4.51. The summed E-state index contributed by atoms with van der Waals surface area (Å²) in [7, 11) is 0. The molecular weight excluding hydrogens is 505 g/mol. The molecule has 2 fully saturated rings. The van der Waals surface area contributed by atoms with Gasteiger partial charge in [-0.1, -0.05) is 20.8 Å². The highest BCUT2D eigenvalue weighted by Crippen LogP contribution is 2.39. The second-order valence-corrected chi connectivity index (χ2v) is 11.7. The summed E-state index contributed by atoms with van der Waals surface area (Å²) in [5.74, 6) is 1.51. The van der Waals surface area contributed by atoms with Gasteiger partial charge in [-0.25, -0.2) is 9.97 Å². The van der Waals surface area contributed by atoms with E-state index in [4.69, 9.17) is 0 Å². The fourth-order valence-corrected chi connectivity index (χ4v) is 5.09. The first kappa shape index (κ1) is 29.1. The summed E-state index contributed by atoms with van der Waals surface area (Å²) in [6.07, 6.45) is -3.43. The Balaban J connectivity index is 1.24. The Labute approximate surface area is 229 Å². The summed E-state index contributed by atoms with van der Waals surface area (Å²) >= 11 is 0. The van der Waals surface area contributed by atoms with Crippen molar-refractivity contribution in [1.82, 2.24) is 20.2 Å². The SMILES string of the molecule is CCN(CC)c1ccc(C(=O)NCC2CC2CN2CCN(c3cc(C(F)(F)F)nc(C(C)(C)C)n3)CC2)cc1. The van der Waals surface area contributed by atoms with E-state index in [1.54, 1.807) is 0 Å². The molecule has 2 unspecified atom stereocenters. The van der Waals surface area contributed by atoms with E-state index < -0.39 is 17.3 Å². The Morgan fingerprint density at radius 1 is 1.00 bits per heavy atom. The molecule has 0 spiro atoms. The number of hydrogen-bond donors (Lipinski definition) is 1. The Morgan fingerprint density at radius 2 is 1.64 bits per heavy atom. The summed E-state index contributed by atoms with van der Waals surface area (Å²) in [4.78, 5) is 27.5. The number of nitrogens with one attached hydrogen (secondary N) is 1. The molecule has 2 atom stereocenters. The second kappa shape index (κ2) is 11.7. The van der Waals surface area contributed by atoms with Crippen molar-refractivity contribution in [3.05, 3.63) is 47.4 Å². The zero-order valence-electron chi connectivity index (χ0n) is 23.7. The molecule has 2 aliphatic rings. The Kier molecular flexibility index (Phi) is 8.73. The number of anilines is 2. The Hall–Kier alpha value is -2.88. The maximum atomic E-state index is 13.5. The van der Waals surface area contributed by atoms with Gasteiger partial charge in [0.1, 0.15) is 17.3 Å². The normalized spacial score (nSPS) is 20.2. The first-order valence-electron chi connectivity index (χ1n) is 14.0. The van der Waals surface area contributed by atoms with Crippen molar-refractivity contribution in [2.24, 2.45) is 11.8 Å². The molecule has 1 aliphatic carbocycles. The van der Waals surface area contributed by atoms with Gasteiger partial charge in [-0.2, -0.15) is 13.2 Å². The number of nitrogens with zero attached hydrogens (tertiary/aromatic N) is 5. The van der Waals surface area contributed by atoms with E-state index in [-0.39, 0.29) is 11.7 Å². The predicted octanol–water partition coefficient (Wildman–Crippen LogP) is 4.83. The standard InChI is InChI=1S/C29H41F3N6O/c1-6-37(7-2)23-10-8-20(9-11-23)26(39)33-18-21-16-22(21)19-36-12-14-38(15-13-36)25-17-24(29(30,31)32)34-27(35-25)28(3,4)5/h8-11,17,21-22H,6-7,12-16,18-19H2,1-5H3,(H,33,39). The van der Waals surface area contributed by atoms with Crippen molar-refractivity contribution >= 4 is 17.4 Å². The third-order valence-corrected chi connectivity index (χ3v) is 7.71. The third kappa shape index (κ3) is 7.41. The van der Waals surface area contributed by atoms with Gasteiger partial charge >= 0.3 is 6.18 Å². The molecule has 2 heterocycles. The van der Waals surface area contributed by atoms with Crippen molar-refractivity contribution in [3.8, 4) is 0 Å². The van der Waals surface area contributed by atoms with Crippen LogP contribution >= 0.6 is 0 Å². The number of aromatic nitrogens is 2. The van der Waals surface area contributed by atoms with Crippen LogP contribution in [0.1, 0.15) is 62.9 Å². The van der Waals surface area contributed by atoms with Gasteiger partial charge in [0.25, 0.3) is 5.91 Å². The number of hydrogen-bond acceptors (Lipinski definition) is 6. The van der Waals surface area contributed by atoms with E-state index in [1.807, 2.05) is 49.9 Å². The van der Waals surface area contributed by atoms with Crippen LogP contribution < -0.4 is 15.1 Å². The highest BCUT2D eigenvalue weighted by atomic mass is 19.4. The van der Waals surface area contributed by atoms with Crippen molar-refractivity contribution in [3.63, 3.8) is 0 Å². The summed E-state index contributed by atoms with van der Waals surface area (Å²) < 4.78 is 40.5. The number of halogens is 3. The molecule has 214 valence electrons. The van der Waals surface area contributed by atoms with Crippen LogP contribution in [0.3, 0.4) is 0 Å². The molecule has 1 N–H and O–H groups in total. The van der Waals surface area contributed by atoms with Crippen LogP contribution in [0.4, 0.5) is 24.7 Å². The maximum Gasteiger partial charge on any atom is 0.433 e. The number of carbonyl (C=O) groups excluding carboxylic acids is 1. The molecule has 1 amide bonds. The number of alkyl halides is 3. The van der Waals surface area contributed by atoms with E-state index in [2.05, 4.69) is 38.9 Å². The molecule has 10 heteroatoms. The molecule has 2 aromatic rings. The van der Waals surface area contributed by atoms with Crippen LogP contribution in [0, 0.1) is 11.8 Å². The van der Waals surface area contributed by atoms with Crippen LogP contribution in [0.15, 0.2) is 30.3 Å². The van der Waals surface area contributed by atoms with Gasteiger partial charge in [-0.3, -0.25) is 9.69 Å². The van der Waals surface area contributed by atoms with Gasteiger partial charge in [0.2, 0.25) is 0 Å². The second-order valence-electron chi connectivity index (χ2n) is 11.7. The summed E-state index contributed by atoms with van der Waals surface area (Å²) in [5, 5.41) is 3.08. The highest BCUT2D eigenvalue weighted by molar-refractivity contribution is 5.94. The largest absolute Gasteiger partial charge is 0.433 e. The van der Waals surface area contributed by atoms with Crippen molar-refractivity contribution in [2.45, 2.75) is 52.6 Å². The summed E-state index contributed by atoms with van der Waals surface area (Å²) in [5.41, 5.74) is 0.326. The van der Waals surface area contributed by atoms with Gasteiger partial charge in [0.15, 0.2) is 0 Å². The summed E-state index contributed by atoms with van der Waals surface area (Å²) in [6.45, 7) is 15.9. The fourth-order valence-electron chi connectivity index (χ4n) is 5.09. The molecule has 0 bridgehead atoms. The van der Waals surface area contributed by atoms with Crippen molar-refractivity contribution in [1.29, 1.82) is 0 Å². The fraction of sp³-hybridized carbons (Fsp3) is 0.621. The lowest BCUT2D eigenvalue weighted by Crippen LogP contribution is -2.47. The zero-order valence-corrected chi connectivity index (χ0v) is 23.7. The van der Waals surface area contributed by atoms with Crippen molar-refractivity contribution < 1.29 is 18.0 Å². The number of carbonyl (C=O) groups is 1. The maximum absolute atomic E-state index is 13.5. The molecular formula is C29H41F3N6O. The quantitative estimate of drug-likeness (QED) is 0.486. The van der Waals surface area contributed by atoms with E-state index >= 15 is 0 Å². The number of piperazine rings is 1. The first-order valence-corrected chi connectivity index (χ1v) is 14.0. The van der Waals surface area contributed by atoms with E-state index in [1.165, 1.54) is 0 Å². The molecule has 4 rings (SSSR count). The minimum absolute atomic E-state index is 0.0435. The van der Waals surface area contributed by atoms with Crippen LogP contribution in [0.5, 0.6) is 0 Å². The number of rotatable bonds is 9. The highest BCUT2D eigenvalue weighted by Gasteiger charge is 2.39. The van der Waals surface area contributed by atoms with E-state index in [0.717, 1.165) is 50.9 Å². The molecule has 0 radical (unpaired) electrons. The van der Waals surface area contributed by atoms with Gasteiger partial charge < -0.3 is 15.1 Å². The van der Waals surface area contributed by atoms with E-state index in [0.29, 0.717) is 42.9 Å². The molecule has 7 nitrogen and oxygen atoms in total. The number of benzene rings is 1. The van der Waals surface area contributed by atoms with Crippen LogP contribution in [-0.2, 0) is 11.6 Å². The van der Waals surface area contributed by atoms with E-state index in [9.17, 15) is 18.0 Å². The smallest absolute Gasteiger partial charge is 0.372 e. The van der Waals surface area contributed by atoms with Crippen LogP contribution in [0.25, 0.3) is 0 Å². The lowest BCUT2D eigenvalue weighted by molar-refractivity contribution is -0.141. The number of amides is 1. The lowest BCUT2D eigenvalue weighted by atomic mass is 9.95. The molecule has 1 saturated heterocycles. The molecule has 1 aromatic heterocycles. The monoisotopic (exact) mass is 546 g/mol. The predicted molar refractivity (Wildman–Crippen MR) is 148 cm³/mol. The minimum Gasteiger partial charge on any atom is -0.372 e. The third-order valence-electron chi connectivity index (χ3n) is 7.71. The topological polar surface area (TPSA) is 64.6 Å². The first-order chi connectivity index (χ1) is 18.4. The van der Waals surface area contributed by atoms with Gasteiger partial charge in [-0.15, -0.1) is 0 Å². The zero-order chi connectivity index (χ0) is 28.4. The molecule has 1 aliphatic heterocycles. The van der Waals surface area contributed by atoms with Crippen LogP contribution in [-0.4, -0.2) is 73.1 Å². The lowest BCUT2D eigenvalue weighted by Gasteiger charge is -2.36. The van der Waals surface area contributed by atoms with Crippen molar-refractivity contribution in [2.75, 3.05) is 62.2 Å². The van der Waals surface area contributed by atoms with Gasteiger partial charge in [-0.05, 0) is 56.4 Å². The average molecular weight is 547 g/mol. The van der Waals surface area contributed by atoms with Gasteiger partial charge in [0, 0.05) is 75.1 Å². The Bertz CT molecular complexity index is 1090.